The van der Waals surface area contributed by atoms with Crippen molar-refractivity contribution in [3.05, 3.63) is 0 Å². The highest BCUT2D eigenvalue weighted by molar-refractivity contribution is 5.73. The van der Waals surface area contributed by atoms with Crippen molar-refractivity contribution < 1.29 is 14.6 Å². The first-order chi connectivity index (χ1) is 7.13. The highest BCUT2D eigenvalue weighted by atomic mass is 16.5. The van der Waals surface area contributed by atoms with Crippen LogP contribution in [0, 0.1) is 0 Å². The van der Waals surface area contributed by atoms with Gasteiger partial charge in [-0.1, -0.05) is 6.92 Å². The zero-order chi connectivity index (χ0) is 11.3. The van der Waals surface area contributed by atoms with Crippen molar-refractivity contribution in [1.82, 2.24) is 10.2 Å². The van der Waals surface area contributed by atoms with Crippen LogP contribution in [0.1, 0.15) is 13.3 Å². The molecule has 2 atom stereocenters. The van der Waals surface area contributed by atoms with Gasteiger partial charge in [0.25, 0.3) is 0 Å². The number of nitrogens with zero attached hydrogens (tertiary/aromatic N) is 1. The van der Waals surface area contributed by atoms with Gasteiger partial charge in [-0.15, -0.1) is 0 Å². The van der Waals surface area contributed by atoms with Crippen molar-refractivity contribution >= 4 is 5.97 Å². The molecular weight excluding hydrogens is 196 g/mol. The summed E-state index contributed by atoms with van der Waals surface area (Å²) in [5.41, 5.74) is 0. The first-order valence-electron chi connectivity index (χ1n) is 5.39. The van der Waals surface area contributed by atoms with Crippen LogP contribution in [0.2, 0.25) is 0 Å². The van der Waals surface area contributed by atoms with Gasteiger partial charge >= 0.3 is 5.97 Å². The summed E-state index contributed by atoms with van der Waals surface area (Å²) in [4.78, 5) is 12.9. The molecule has 5 nitrogen and oxygen atoms in total. The predicted molar refractivity (Wildman–Crippen MR) is 57.0 cm³/mol. The third-order valence-electron chi connectivity index (χ3n) is 2.64. The van der Waals surface area contributed by atoms with Crippen LogP contribution < -0.4 is 5.32 Å². The van der Waals surface area contributed by atoms with Gasteiger partial charge in [-0.3, -0.25) is 4.79 Å². The Morgan fingerprint density at radius 1 is 1.73 bits per heavy atom. The summed E-state index contributed by atoms with van der Waals surface area (Å²) in [6, 6.07) is -0.458. The molecule has 5 heteroatoms. The summed E-state index contributed by atoms with van der Waals surface area (Å²) in [5.74, 6) is -0.790. The largest absolute Gasteiger partial charge is 0.480 e. The number of hydrogen-bond acceptors (Lipinski definition) is 4. The first kappa shape index (κ1) is 12.4. The molecule has 1 rings (SSSR count). The number of likely N-dealkylation sites (N-methyl/N-ethyl adjacent to an activating group) is 1. The van der Waals surface area contributed by atoms with Crippen molar-refractivity contribution in [1.29, 1.82) is 0 Å². The average Bonchev–Trinajstić information content (AvgIpc) is 2.18. The Kier molecular flexibility index (Phi) is 5.01. The second-order valence-electron chi connectivity index (χ2n) is 3.96. The van der Waals surface area contributed by atoms with E-state index in [4.69, 9.17) is 9.84 Å². The molecular formula is C10H20N2O3. The lowest BCUT2D eigenvalue weighted by molar-refractivity contribution is -0.139. The Balaban J connectivity index is 2.26. The Morgan fingerprint density at radius 3 is 3.00 bits per heavy atom. The molecule has 0 spiro atoms. The second kappa shape index (κ2) is 6.05. The SMILES string of the molecule is CCC(NCC1CN(C)CCO1)C(=O)O. The summed E-state index contributed by atoms with van der Waals surface area (Å²) in [6.07, 6.45) is 0.704. The average molecular weight is 216 g/mol. The molecule has 0 aromatic heterocycles. The number of ether oxygens (including phenoxy) is 1. The summed E-state index contributed by atoms with van der Waals surface area (Å²) >= 11 is 0. The van der Waals surface area contributed by atoms with Gasteiger partial charge in [0, 0.05) is 19.6 Å². The highest BCUT2D eigenvalue weighted by Crippen LogP contribution is 2.02. The van der Waals surface area contributed by atoms with Gasteiger partial charge in [-0.2, -0.15) is 0 Å². The van der Waals surface area contributed by atoms with E-state index < -0.39 is 12.0 Å². The molecule has 15 heavy (non-hydrogen) atoms. The number of rotatable bonds is 5. The first-order valence-corrected chi connectivity index (χ1v) is 5.39. The molecule has 1 fully saturated rings. The standard InChI is InChI=1S/C10H20N2O3/c1-3-9(10(13)14)11-6-8-7-12(2)4-5-15-8/h8-9,11H,3-7H2,1-2H3,(H,13,14). The molecule has 1 aliphatic rings. The Bertz CT molecular complexity index is 211. The lowest BCUT2D eigenvalue weighted by atomic mass is 10.2. The topological polar surface area (TPSA) is 61.8 Å². The van der Waals surface area contributed by atoms with E-state index in [1.807, 2.05) is 14.0 Å². The lowest BCUT2D eigenvalue weighted by Crippen LogP contribution is -2.48. The molecule has 0 aromatic carbocycles. The molecule has 88 valence electrons. The number of aliphatic carboxylic acids is 1. The van der Waals surface area contributed by atoms with Gasteiger partial charge < -0.3 is 20.1 Å². The smallest absolute Gasteiger partial charge is 0.320 e. The van der Waals surface area contributed by atoms with Crippen molar-refractivity contribution in [3.63, 3.8) is 0 Å². The van der Waals surface area contributed by atoms with Crippen LogP contribution in [-0.4, -0.2) is 61.4 Å². The number of carboxylic acids is 1. The molecule has 1 heterocycles. The number of carboxylic acid groups (broad SMARTS) is 1. The summed E-state index contributed by atoms with van der Waals surface area (Å²) < 4.78 is 5.53. The van der Waals surface area contributed by atoms with Gasteiger partial charge in [0.05, 0.1) is 12.7 Å². The minimum absolute atomic E-state index is 0.108. The molecule has 0 aliphatic carbocycles. The van der Waals surface area contributed by atoms with Crippen LogP contribution in [-0.2, 0) is 9.53 Å². The zero-order valence-corrected chi connectivity index (χ0v) is 9.40. The summed E-state index contributed by atoms with van der Waals surface area (Å²) in [6.45, 7) is 5.01. The highest BCUT2D eigenvalue weighted by Gasteiger charge is 2.20. The van der Waals surface area contributed by atoms with E-state index in [1.54, 1.807) is 0 Å². The maximum Gasteiger partial charge on any atom is 0.320 e. The van der Waals surface area contributed by atoms with E-state index in [2.05, 4.69) is 10.2 Å². The number of morpholine rings is 1. The van der Waals surface area contributed by atoms with Gasteiger partial charge in [0.1, 0.15) is 6.04 Å². The minimum Gasteiger partial charge on any atom is -0.480 e. The van der Waals surface area contributed by atoms with Crippen LogP contribution in [0.15, 0.2) is 0 Å². The molecule has 0 saturated carbocycles. The lowest BCUT2D eigenvalue weighted by Gasteiger charge is -2.30. The van der Waals surface area contributed by atoms with E-state index in [0.717, 1.165) is 19.7 Å². The van der Waals surface area contributed by atoms with Crippen molar-refractivity contribution in [2.75, 3.05) is 33.3 Å². The van der Waals surface area contributed by atoms with E-state index >= 15 is 0 Å². The maximum atomic E-state index is 10.8. The summed E-state index contributed by atoms with van der Waals surface area (Å²) in [5, 5.41) is 11.8. The number of hydrogen-bond donors (Lipinski definition) is 2. The Labute approximate surface area is 90.4 Å². The summed E-state index contributed by atoms with van der Waals surface area (Å²) in [7, 11) is 2.05. The fraction of sp³-hybridized carbons (Fsp3) is 0.900. The van der Waals surface area contributed by atoms with Crippen molar-refractivity contribution in [3.8, 4) is 0 Å². The fourth-order valence-electron chi connectivity index (χ4n) is 1.67. The van der Waals surface area contributed by atoms with Crippen LogP contribution in [0.25, 0.3) is 0 Å². The molecule has 2 N–H and O–H groups in total. The van der Waals surface area contributed by atoms with Crippen molar-refractivity contribution in [2.24, 2.45) is 0 Å². The number of carbonyl (C=O) groups is 1. The molecule has 0 radical (unpaired) electrons. The fourth-order valence-corrected chi connectivity index (χ4v) is 1.67. The molecule has 1 aliphatic heterocycles. The monoisotopic (exact) mass is 216 g/mol. The second-order valence-corrected chi connectivity index (χ2v) is 3.96. The third kappa shape index (κ3) is 4.15. The van der Waals surface area contributed by atoms with Gasteiger partial charge in [0.15, 0.2) is 0 Å². The van der Waals surface area contributed by atoms with E-state index in [0.29, 0.717) is 13.0 Å². The quantitative estimate of drug-likeness (QED) is 0.664. The van der Waals surface area contributed by atoms with Crippen LogP contribution in [0.5, 0.6) is 0 Å². The predicted octanol–water partition coefficient (Wildman–Crippen LogP) is -0.230. The molecule has 0 amide bonds. The molecule has 0 bridgehead atoms. The molecule has 2 unspecified atom stereocenters. The van der Waals surface area contributed by atoms with Gasteiger partial charge in [-0.05, 0) is 13.5 Å². The van der Waals surface area contributed by atoms with Crippen LogP contribution >= 0.6 is 0 Å². The molecule has 1 saturated heterocycles. The van der Waals surface area contributed by atoms with Crippen molar-refractivity contribution in [2.45, 2.75) is 25.5 Å². The van der Waals surface area contributed by atoms with E-state index in [-0.39, 0.29) is 6.10 Å². The van der Waals surface area contributed by atoms with E-state index in [9.17, 15) is 4.79 Å². The van der Waals surface area contributed by atoms with Gasteiger partial charge in [0.2, 0.25) is 0 Å². The van der Waals surface area contributed by atoms with Crippen LogP contribution in [0.3, 0.4) is 0 Å². The van der Waals surface area contributed by atoms with Crippen LogP contribution in [0.4, 0.5) is 0 Å². The third-order valence-corrected chi connectivity index (χ3v) is 2.64. The molecule has 0 aromatic rings. The number of nitrogens with one attached hydrogen (secondary N) is 1. The normalized spacial score (nSPS) is 25.1. The Morgan fingerprint density at radius 2 is 2.47 bits per heavy atom. The van der Waals surface area contributed by atoms with E-state index in [1.165, 1.54) is 0 Å². The van der Waals surface area contributed by atoms with Gasteiger partial charge in [-0.25, -0.2) is 0 Å². The Hall–Kier alpha value is -0.650. The zero-order valence-electron chi connectivity index (χ0n) is 9.40. The minimum atomic E-state index is -0.790. The maximum absolute atomic E-state index is 10.8.